The summed E-state index contributed by atoms with van der Waals surface area (Å²) >= 11 is 1.56. The summed E-state index contributed by atoms with van der Waals surface area (Å²) in [4.78, 5) is 6.07. The first-order valence-electron chi connectivity index (χ1n) is 11.8. The number of sulfonamides is 1. The van der Waals surface area contributed by atoms with Gasteiger partial charge in [-0.3, -0.25) is 0 Å². The first-order valence-corrected chi connectivity index (χ1v) is 14.1. The van der Waals surface area contributed by atoms with Crippen molar-refractivity contribution in [1.82, 2.24) is 8.87 Å². The number of aromatic nitrogens is 1. The second-order valence-electron chi connectivity index (χ2n) is 9.14. The summed E-state index contributed by atoms with van der Waals surface area (Å²) in [6.45, 7) is 6.78. The highest BCUT2D eigenvalue weighted by Crippen LogP contribution is 2.29. The van der Waals surface area contributed by atoms with Crippen LogP contribution in [0.2, 0.25) is 0 Å². The number of para-hydroxylation sites is 1. The molecule has 0 amide bonds. The Balaban J connectivity index is 1.72. The van der Waals surface area contributed by atoms with Crippen LogP contribution in [0.1, 0.15) is 26.7 Å². The third-order valence-corrected chi connectivity index (χ3v) is 8.80. The Morgan fingerprint density at radius 2 is 1.79 bits per heavy atom. The molecule has 0 saturated carbocycles. The molecule has 3 aromatic rings. The van der Waals surface area contributed by atoms with Gasteiger partial charge in [0.25, 0.3) is 0 Å². The molecule has 2 atom stereocenters. The summed E-state index contributed by atoms with van der Waals surface area (Å²) in [6, 6.07) is 17.2. The van der Waals surface area contributed by atoms with E-state index in [0.29, 0.717) is 36.4 Å². The fourth-order valence-electron chi connectivity index (χ4n) is 4.61. The van der Waals surface area contributed by atoms with E-state index >= 15 is 0 Å². The Hall–Kier alpha value is -2.26. The van der Waals surface area contributed by atoms with Gasteiger partial charge in [0.2, 0.25) is 10.0 Å². The van der Waals surface area contributed by atoms with Crippen LogP contribution in [0.25, 0.3) is 11.3 Å². The van der Waals surface area contributed by atoms with Gasteiger partial charge in [-0.2, -0.15) is 4.31 Å². The smallest absolute Gasteiger partial charge is 0.243 e. The minimum absolute atomic E-state index is 0.350. The van der Waals surface area contributed by atoms with Gasteiger partial charge in [0.1, 0.15) is 0 Å². The fraction of sp³-hybridized carbons (Fsp3) is 0.423. The van der Waals surface area contributed by atoms with Crippen molar-refractivity contribution >= 4 is 27.0 Å². The molecule has 1 fully saturated rings. The second kappa shape index (κ2) is 11.0. The number of benzene rings is 2. The Morgan fingerprint density at radius 1 is 1.06 bits per heavy atom. The largest absolute Gasteiger partial charge is 0.385 e. The molecule has 34 heavy (non-hydrogen) atoms. The van der Waals surface area contributed by atoms with E-state index in [4.69, 9.17) is 9.73 Å². The van der Waals surface area contributed by atoms with Crippen molar-refractivity contribution in [2.24, 2.45) is 16.8 Å². The average molecular weight is 500 g/mol. The van der Waals surface area contributed by atoms with E-state index in [-0.39, 0.29) is 0 Å². The number of hydrogen-bond donors (Lipinski definition) is 0. The van der Waals surface area contributed by atoms with Crippen molar-refractivity contribution in [3.05, 3.63) is 64.8 Å². The van der Waals surface area contributed by atoms with Gasteiger partial charge in [-0.25, -0.2) is 13.4 Å². The zero-order chi connectivity index (χ0) is 24.1. The number of rotatable bonds is 8. The van der Waals surface area contributed by atoms with E-state index in [2.05, 4.69) is 23.8 Å². The summed E-state index contributed by atoms with van der Waals surface area (Å²) in [5, 5.41) is 2.06. The summed E-state index contributed by atoms with van der Waals surface area (Å²) in [5.41, 5.74) is 2.73. The molecule has 0 N–H and O–H groups in total. The van der Waals surface area contributed by atoms with Crippen LogP contribution in [-0.4, -0.2) is 44.1 Å². The number of hydrogen-bond acceptors (Lipinski definition) is 5. The zero-order valence-corrected chi connectivity index (χ0v) is 21.7. The van der Waals surface area contributed by atoms with Gasteiger partial charge in [0.15, 0.2) is 4.80 Å². The lowest BCUT2D eigenvalue weighted by atomic mass is 9.94. The number of methoxy groups -OCH3 is 1. The Bertz CT molecular complexity index is 1260. The normalized spacial score (nSPS) is 20.0. The number of nitrogens with zero attached hydrogens (tertiary/aromatic N) is 3. The number of thiazole rings is 1. The first-order chi connectivity index (χ1) is 16.4. The monoisotopic (exact) mass is 499 g/mol. The average Bonchev–Trinajstić information content (AvgIpc) is 3.21. The van der Waals surface area contributed by atoms with Crippen molar-refractivity contribution in [1.29, 1.82) is 0 Å². The van der Waals surface area contributed by atoms with E-state index in [1.807, 2.05) is 42.5 Å². The van der Waals surface area contributed by atoms with E-state index in [1.54, 1.807) is 34.9 Å². The van der Waals surface area contributed by atoms with Gasteiger partial charge in [0.05, 0.1) is 16.3 Å². The lowest BCUT2D eigenvalue weighted by Gasteiger charge is -2.34. The van der Waals surface area contributed by atoms with E-state index in [1.165, 1.54) is 0 Å². The fourth-order valence-corrected chi connectivity index (χ4v) is 7.29. The van der Waals surface area contributed by atoms with Crippen molar-refractivity contribution in [2.45, 2.75) is 38.1 Å². The molecule has 182 valence electrons. The highest BCUT2D eigenvalue weighted by atomic mass is 32.2. The molecule has 4 rings (SSSR count). The van der Waals surface area contributed by atoms with Crippen molar-refractivity contribution in [3.63, 3.8) is 0 Å². The van der Waals surface area contributed by atoms with E-state index in [0.717, 1.165) is 41.1 Å². The Kier molecular flexibility index (Phi) is 8.03. The van der Waals surface area contributed by atoms with Crippen LogP contribution in [0.5, 0.6) is 0 Å². The number of piperidine rings is 1. The maximum absolute atomic E-state index is 13.5. The third-order valence-electron chi connectivity index (χ3n) is 6.11. The van der Waals surface area contributed by atoms with E-state index < -0.39 is 10.0 Å². The van der Waals surface area contributed by atoms with Gasteiger partial charge >= 0.3 is 0 Å². The molecular weight excluding hydrogens is 466 g/mol. The van der Waals surface area contributed by atoms with Gasteiger partial charge < -0.3 is 9.30 Å². The van der Waals surface area contributed by atoms with Crippen molar-refractivity contribution < 1.29 is 13.2 Å². The predicted molar refractivity (Wildman–Crippen MR) is 138 cm³/mol. The Morgan fingerprint density at radius 3 is 2.50 bits per heavy atom. The van der Waals surface area contributed by atoms with Crippen LogP contribution < -0.4 is 4.80 Å². The van der Waals surface area contributed by atoms with Crippen LogP contribution in [0.4, 0.5) is 5.69 Å². The molecule has 8 heteroatoms. The molecule has 1 aliphatic rings. The molecule has 2 aromatic carbocycles. The van der Waals surface area contributed by atoms with Gasteiger partial charge in [-0.15, -0.1) is 11.3 Å². The van der Waals surface area contributed by atoms with Crippen LogP contribution in [0.3, 0.4) is 0 Å². The molecule has 0 radical (unpaired) electrons. The summed E-state index contributed by atoms with van der Waals surface area (Å²) in [7, 11) is -1.85. The molecule has 1 saturated heterocycles. The minimum atomic E-state index is -3.55. The summed E-state index contributed by atoms with van der Waals surface area (Å²) in [6.07, 6.45) is 1.90. The quantitative estimate of drug-likeness (QED) is 0.403. The highest BCUT2D eigenvalue weighted by Gasteiger charge is 2.31. The lowest BCUT2D eigenvalue weighted by molar-refractivity contribution is 0.190. The van der Waals surface area contributed by atoms with Gasteiger partial charge in [0, 0.05) is 44.3 Å². The van der Waals surface area contributed by atoms with Crippen molar-refractivity contribution in [2.75, 3.05) is 26.8 Å². The van der Waals surface area contributed by atoms with Gasteiger partial charge in [-0.1, -0.05) is 44.2 Å². The maximum Gasteiger partial charge on any atom is 0.243 e. The Labute approximate surface area is 206 Å². The molecule has 1 aromatic heterocycles. The van der Waals surface area contributed by atoms with Crippen LogP contribution in [0, 0.1) is 11.8 Å². The third kappa shape index (κ3) is 5.68. The number of ether oxygens (including phenoxy) is 1. The van der Waals surface area contributed by atoms with Gasteiger partial charge in [-0.05, 0) is 48.9 Å². The summed E-state index contributed by atoms with van der Waals surface area (Å²) < 4.78 is 36.1. The van der Waals surface area contributed by atoms with Crippen LogP contribution in [0.15, 0.2) is 69.9 Å². The SMILES string of the molecule is COCCCn1c(-c2cccc(S(=O)(=O)N3CC(C)CC(C)C3)c2)csc1=Nc1ccccc1. The lowest BCUT2D eigenvalue weighted by Crippen LogP contribution is -2.42. The molecule has 2 unspecified atom stereocenters. The topological polar surface area (TPSA) is 63.9 Å². The molecule has 0 aliphatic carbocycles. The standard InChI is InChI=1S/C26H33N3O3S2/c1-20-15-21(2)18-28(17-20)34(30,31)24-12-7-9-22(16-24)25-19-33-26(29(25)13-8-14-32-3)27-23-10-5-4-6-11-23/h4-7,9-12,16,19-21H,8,13-15,17-18H2,1-3H3. The maximum atomic E-state index is 13.5. The predicted octanol–water partition coefficient (Wildman–Crippen LogP) is 5.15. The zero-order valence-electron chi connectivity index (χ0n) is 20.1. The molecule has 6 nitrogen and oxygen atoms in total. The second-order valence-corrected chi connectivity index (χ2v) is 11.9. The molecular formula is C26H33N3O3S2. The molecule has 2 heterocycles. The van der Waals surface area contributed by atoms with E-state index in [9.17, 15) is 8.42 Å². The van der Waals surface area contributed by atoms with Crippen LogP contribution >= 0.6 is 11.3 Å². The minimum Gasteiger partial charge on any atom is -0.385 e. The van der Waals surface area contributed by atoms with Crippen LogP contribution in [-0.2, 0) is 21.3 Å². The summed E-state index contributed by atoms with van der Waals surface area (Å²) in [5.74, 6) is 0.729. The highest BCUT2D eigenvalue weighted by molar-refractivity contribution is 7.89. The first kappa shape index (κ1) is 24.9. The molecule has 0 bridgehead atoms. The molecule has 1 aliphatic heterocycles. The van der Waals surface area contributed by atoms with Crippen molar-refractivity contribution in [3.8, 4) is 11.3 Å². The molecule has 0 spiro atoms.